The highest BCUT2D eigenvalue weighted by Gasteiger charge is 2.43. The molecule has 3 aromatic carbocycles. The summed E-state index contributed by atoms with van der Waals surface area (Å²) in [5, 5.41) is 2.33. The molecule has 2 aliphatic carbocycles. The van der Waals surface area contributed by atoms with Crippen molar-refractivity contribution in [3.63, 3.8) is 0 Å². The van der Waals surface area contributed by atoms with E-state index in [9.17, 15) is 9.59 Å². The van der Waals surface area contributed by atoms with E-state index in [0.29, 0.717) is 44.1 Å². The zero-order valence-electron chi connectivity index (χ0n) is 24.4. The second-order valence-electron chi connectivity index (χ2n) is 11.3. The molecule has 0 atom stereocenters. The molecule has 1 aliphatic heterocycles. The lowest BCUT2D eigenvalue weighted by Crippen LogP contribution is -2.40. The molecule has 6 rings (SSSR count). The second kappa shape index (κ2) is 12.1. The number of allylic oxidation sites excluding steroid dienone is 4. The molecule has 0 amide bonds. The van der Waals surface area contributed by atoms with Crippen LogP contribution in [0, 0.1) is 6.92 Å². The fourth-order valence-corrected chi connectivity index (χ4v) is 7.40. The Bertz CT molecular complexity index is 1590. The number of hydrogen-bond donors (Lipinski definition) is 0. The molecule has 0 N–H and O–H groups in total. The van der Waals surface area contributed by atoms with Crippen molar-refractivity contribution in [2.75, 3.05) is 27.4 Å². The van der Waals surface area contributed by atoms with Gasteiger partial charge in [-0.05, 0) is 82.6 Å². The SMILES string of the molecule is COCCN1C2=C(C(=O)CCC2)C(c2cc(Br)c(OCc3c(C)ccc4ccccc34)c(OC)c2)C2=C1CCCC2=O. The summed E-state index contributed by atoms with van der Waals surface area (Å²) in [6.07, 6.45) is 4.25. The number of fused-ring (bicyclic) bond motifs is 1. The minimum absolute atomic E-state index is 0.121. The van der Waals surface area contributed by atoms with Crippen molar-refractivity contribution in [2.24, 2.45) is 0 Å². The van der Waals surface area contributed by atoms with Crippen molar-refractivity contribution in [3.05, 3.63) is 92.2 Å². The molecule has 0 unspecified atom stereocenters. The molecule has 3 aromatic rings. The maximum Gasteiger partial charge on any atom is 0.175 e. The Morgan fingerprint density at radius 3 is 2.26 bits per heavy atom. The normalized spacial score (nSPS) is 17.6. The Morgan fingerprint density at radius 1 is 0.905 bits per heavy atom. The summed E-state index contributed by atoms with van der Waals surface area (Å²) in [7, 11) is 3.31. The Morgan fingerprint density at radius 2 is 1.60 bits per heavy atom. The summed E-state index contributed by atoms with van der Waals surface area (Å²) in [6, 6.07) is 16.5. The van der Waals surface area contributed by atoms with Crippen LogP contribution in [0.15, 0.2) is 75.5 Å². The highest BCUT2D eigenvalue weighted by molar-refractivity contribution is 9.10. The second-order valence-corrected chi connectivity index (χ2v) is 12.1. The molecule has 0 spiro atoms. The summed E-state index contributed by atoms with van der Waals surface area (Å²) in [5.74, 6) is 0.981. The van der Waals surface area contributed by atoms with Crippen molar-refractivity contribution >= 4 is 38.3 Å². The molecular weight excluding hydrogens is 594 g/mol. The van der Waals surface area contributed by atoms with Crippen LogP contribution in [0.25, 0.3) is 10.8 Å². The van der Waals surface area contributed by atoms with E-state index in [1.54, 1.807) is 14.2 Å². The number of aryl methyl sites for hydroxylation is 1. The van der Waals surface area contributed by atoms with E-state index < -0.39 is 5.92 Å². The van der Waals surface area contributed by atoms with Crippen LogP contribution in [0.5, 0.6) is 11.5 Å². The van der Waals surface area contributed by atoms with Gasteiger partial charge in [0.2, 0.25) is 0 Å². The van der Waals surface area contributed by atoms with Gasteiger partial charge >= 0.3 is 0 Å². The van der Waals surface area contributed by atoms with Crippen molar-refractivity contribution in [1.82, 2.24) is 4.90 Å². The number of nitrogens with zero attached hydrogens (tertiary/aromatic N) is 1. The van der Waals surface area contributed by atoms with Crippen LogP contribution < -0.4 is 9.47 Å². The van der Waals surface area contributed by atoms with Gasteiger partial charge in [-0.25, -0.2) is 0 Å². The van der Waals surface area contributed by atoms with Gasteiger partial charge in [0.15, 0.2) is 23.1 Å². The standard InChI is InChI=1S/C35H36BrNO5/c1-21-14-15-22-8-4-5-9-24(22)25(21)20-42-35-26(36)18-23(19-31(35)41-3)32-33-27(10-6-12-29(33)38)37(16-17-40-2)28-11-7-13-30(39)34(28)32/h4-5,8-9,14-15,18-19,32H,6-7,10-13,16-17,20H2,1-3H3. The van der Waals surface area contributed by atoms with Crippen LogP contribution in [0.1, 0.15) is 61.1 Å². The minimum Gasteiger partial charge on any atom is -0.493 e. The van der Waals surface area contributed by atoms with Gasteiger partial charge in [-0.3, -0.25) is 9.59 Å². The molecule has 0 saturated heterocycles. The van der Waals surface area contributed by atoms with Gasteiger partial charge in [0.1, 0.15) is 6.61 Å². The number of carbonyl (C=O) groups excluding carboxylic acids is 2. The first-order valence-electron chi connectivity index (χ1n) is 14.7. The topological polar surface area (TPSA) is 65.1 Å². The monoisotopic (exact) mass is 629 g/mol. The van der Waals surface area contributed by atoms with Crippen molar-refractivity contribution in [1.29, 1.82) is 0 Å². The first kappa shape index (κ1) is 28.7. The van der Waals surface area contributed by atoms with Crippen molar-refractivity contribution in [2.45, 2.75) is 58.0 Å². The number of ketones is 2. The van der Waals surface area contributed by atoms with Gasteiger partial charge in [0.25, 0.3) is 0 Å². The Hall–Kier alpha value is -3.42. The molecule has 3 aliphatic rings. The Balaban J connectivity index is 1.42. The molecule has 0 fully saturated rings. The molecule has 6 nitrogen and oxygen atoms in total. The van der Waals surface area contributed by atoms with Crippen molar-refractivity contribution in [3.8, 4) is 11.5 Å². The van der Waals surface area contributed by atoms with E-state index in [-0.39, 0.29) is 11.6 Å². The third kappa shape index (κ3) is 5.07. The zero-order chi connectivity index (χ0) is 29.4. The van der Waals surface area contributed by atoms with Gasteiger partial charge in [-0.15, -0.1) is 0 Å². The molecule has 7 heteroatoms. The number of Topliss-reactive ketones (excluding diaryl/α,β-unsaturated/α-hetero) is 2. The Kier molecular flexibility index (Phi) is 8.24. The maximum absolute atomic E-state index is 13.6. The van der Waals surface area contributed by atoms with Gasteiger partial charge in [0, 0.05) is 60.5 Å². The highest BCUT2D eigenvalue weighted by atomic mass is 79.9. The lowest BCUT2D eigenvalue weighted by Gasteiger charge is -2.44. The Labute approximate surface area is 255 Å². The van der Waals surface area contributed by atoms with Crippen LogP contribution in [-0.2, 0) is 20.9 Å². The van der Waals surface area contributed by atoms with E-state index in [1.807, 2.05) is 24.3 Å². The highest BCUT2D eigenvalue weighted by Crippen LogP contribution is 2.51. The quantitative estimate of drug-likeness (QED) is 0.256. The predicted octanol–water partition coefficient (Wildman–Crippen LogP) is 7.56. The molecule has 0 saturated carbocycles. The zero-order valence-corrected chi connectivity index (χ0v) is 26.0. The van der Waals surface area contributed by atoms with E-state index in [2.05, 4.69) is 52.0 Å². The van der Waals surface area contributed by atoms with Gasteiger partial charge in [0.05, 0.1) is 18.2 Å². The maximum atomic E-state index is 13.6. The molecule has 0 bridgehead atoms. The fraction of sp³-hybridized carbons (Fsp3) is 0.371. The molecule has 0 radical (unpaired) electrons. The smallest absolute Gasteiger partial charge is 0.175 e. The average molecular weight is 631 g/mol. The number of ether oxygens (including phenoxy) is 3. The summed E-state index contributed by atoms with van der Waals surface area (Å²) in [6.45, 7) is 3.64. The fourth-order valence-electron chi connectivity index (χ4n) is 6.83. The predicted molar refractivity (Wildman–Crippen MR) is 167 cm³/mol. The largest absolute Gasteiger partial charge is 0.493 e. The molecular formula is C35H36BrNO5. The van der Waals surface area contributed by atoms with Crippen LogP contribution in [0.3, 0.4) is 0 Å². The van der Waals surface area contributed by atoms with Crippen LogP contribution >= 0.6 is 15.9 Å². The lowest BCUT2D eigenvalue weighted by atomic mass is 9.71. The third-order valence-corrected chi connectivity index (χ3v) is 9.42. The van der Waals surface area contributed by atoms with E-state index in [4.69, 9.17) is 14.2 Å². The summed E-state index contributed by atoms with van der Waals surface area (Å²) in [4.78, 5) is 29.4. The lowest BCUT2D eigenvalue weighted by molar-refractivity contribution is -0.117. The summed E-state index contributed by atoms with van der Waals surface area (Å²) in [5.41, 5.74) is 6.74. The van der Waals surface area contributed by atoms with Gasteiger partial charge < -0.3 is 19.1 Å². The number of rotatable bonds is 8. The minimum atomic E-state index is -0.422. The molecule has 218 valence electrons. The van der Waals surface area contributed by atoms with Crippen LogP contribution in [-0.4, -0.2) is 43.8 Å². The van der Waals surface area contributed by atoms with E-state index >= 15 is 0 Å². The average Bonchev–Trinajstić information content (AvgIpc) is 2.99. The number of carbonyl (C=O) groups is 2. The molecule has 1 heterocycles. The van der Waals surface area contributed by atoms with E-state index in [0.717, 1.165) is 74.8 Å². The number of benzene rings is 3. The summed E-state index contributed by atoms with van der Waals surface area (Å²) >= 11 is 3.77. The number of halogens is 1. The molecule has 0 aromatic heterocycles. The molecule has 42 heavy (non-hydrogen) atoms. The summed E-state index contributed by atoms with van der Waals surface area (Å²) < 4.78 is 18.5. The third-order valence-electron chi connectivity index (χ3n) is 8.83. The van der Waals surface area contributed by atoms with Crippen LogP contribution in [0.4, 0.5) is 0 Å². The van der Waals surface area contributed by atoms with Gasteiger partial charge in [-0.1, -0.05) is 36.4 Å². The van der Waals surface area contributed by atoms with Gasteiger partial charge in [-0.2, -0.15) is 0 Å². The van der Waals surface area contributed by atoms with E-state index in [1.165, 1.54) is 5.39 Å². The first-order valence-corrected chi connectivity index (χ1v) is 15.5. The number of hydrogen-bond acceptors (Lipinski definition) is 6. The number of methoxy groups -OCH3 is 2. The van der Waals surface area contributed by atoms with Crippen molar-refractivity contribution < 1.29 is 23.8 Å². The first-order chi connectivity index (χ1) is 20.4. The van der Waals surface area contributed by atoms with Crippen LogP contribution in [0.2, 0.25) is 0 Å².